The first kappa shape index (κ1) is 11.4. The number of carbonyl (C=O) groups is 2. The molecule has 0 aromatic heterocycles. The molecule has 1 heterocycles. The van der Waals surface area contributed by atoms with Gasteiger partial charge in [-0.3, -0.25) is 9.59 Å². The molecule has 0 bridgehead atoms. The number of amides is 1. The van der Waals surface area contributed by atoms with Crippen molar-refractivity contribution in [2.75, 3.05) is 18.6 Å². The van der Waals surface area contributed by atoms with Crippen LogP contribution in [0.25, 0.3) is 0 Å². The van der Waals surface area contributed by atoms with Gasteiger partial charge in [0.15, 0.2) is 0 Å². The Labute approximate surface area is 99.5 Å². The van der Waals surface area contributed by atoms with E-state index < -0.39 is 11.7 Å². The van der Waals surface area contributed by atoms with Crippen LogP contribution in [-0.4, -0.2) is 25.3 Å². The molecular weight excluding hydrogens is 218 g/mol. The zero-order chi connectivity index (χ0) is 12.6. The maximum absolute atomic E-state index is 11.8. The van der Waals surface area contributed by atoms with Gasteiger partial charge in [-0.25, -0.2) is 0 Å². The van der Waals surface area contributed by atoms with Crippen molar-refractivity contribution in [1.82, 2.24) is 0 Å². The van der Waals surface area contributed by atoms with E-state index in [0.29, 0.717) is 23.5 Å². The van der Waals surface area contributed by atoms with Gasteiger partial charge in [0.05, 0.1) is 18.4 Å². The van der Waals surface area contributed by atoms with Crippen LogP contribution in [0.15, 0.2) is 30.4 Å². The monoisotopic (exact) mass is 231 g/mol. The Morgan fingerprint density at radius 1 is 1.41 bits per heavy atom. The lowest BCUT2D eigenvalue weighted by atomic mass is 10.1. The van der Waals surface area contributed by atoms with Crippen LogP contribution in [0.5, 0.6) is 5.75 Å². The lowest BCUT2D eigenvalue weighted by Gasteiger charge is -2.16. The fourth-order valence-corrected chi connectivity index (χ4v) is 1.83. The van der Waals surface area contributed by atoms with Crippen LogP contribution in [0.3, 0.4) is 0 Å². The number of ether oxygens (including phenoxy) is 1. The molecule has 0 spiro atoms. The number of nitrogens with zero attached hydrogens (tertiary/aromatic N) is 1. The summed E-state index contributed by atoms with van der Waals surface area (Å²) in [5.74, 6) is -0.418. The second-order valence-corrected chi connectivity index (χ2v) is 4.06. The standard InChI is InChI=1S/C13H13NO3/c1-8(2)7-14-11-5-4-9(17-3)6-10(11)12(15)13(14)16/h4-6H,1,7H2,2-3H3. The van der Waals surface area contributed by atoms with Crippen molar-refractivity contribution in [3.63, 3.8) is 0 Å². The largest absolute Gasteiger partial charge is 0.497 e. The average molecular weight is 231 g/mol. The third-order valence-corrected chi connectivity index (χ3v) is 2.61. The zero-order valence-electron chi connectivity index (χ0n) is 9.82. The summed E-state index contributed by atoms with van der Waals surface area (Å²) in [5, 5.41) is 0. The first-order valence-electron chi connectivity index (χ1n) is 5.23. The van der Waals surface area contributed by atoms with E-state index in [1.54, 1.807) is 18.2 Å². The van der Waals surface area contributed by atoms with Crippen LogP contribution in [0.2, 0.25) is 0 Å². The number of hydrogen-bond donors (Lipinski definition) is 0. The maximum Gasteiger partial charge on any atom is 0.299 e. The van der Waals surface area contributed by atoms with Gasteiger partial charge in [-0.1, -0.05) is 12.2 Å². The van der Waals surface area contributed by atoms with Gasteiger partial charge in [0.2, 0.25) is 0 Å². The van der Waals surface area contributed by atoms with Crippen LogP contribution in [0.1, 0.15) is 17.3 Å². The number of Topliss-reactive ketones (excluding diaryl/α,β-unsaturated/α-hetero) is 1. The molecule has 0 saturated heterocycles. The number of anilines is 1. The van der Waals surface area contributed by atoms with Crippen molar-refractivity contribution in [1.29, 1.82) is 0 Å². The first-order chi connectivity index (χ1) is 8.04. The van der Waals surface area contributed by atoms with Gasteiger partial charge in [-0.15, -0.1) is 0 Å². The minimum atomic E-state index is -0.503. The van der Waals surface area contributed by atoms with E-state index in [9.17, 15) is 9.59 Å². The Kier molecular flexibility index (Phi) is 2.71. The van der Waals surface area contributed by atoms with Gasteiger partial charge in [-0.2, -0.15) is 0 Å². The molecule has 1 aliphatic heterocycles. The smallest absolute Gasteiger partial charge is 0.299 e. The molecule has 0 atom stereocenters. The molecule has 1 amide bonds. The summed E-state index contributed by atoms with van der Waals surface area (Å²) >= 11 is 0. The highest BCUT2D eigenvalue weighted by atomic mass is 16.5. The second-order valence-electron chi connectivity index (χ2n) is 4.06. The SMILES string of the molecule is C=C(C)CN1C(=O)C(=O)c2cc(OC)ccc21. The first-order valence-corrected chi connectivity index (χ1v) is 5.23. The van der Waals surface area contributed by atoms with Crippen molar-refractivity contribution < 1.29 is 14.3 Å². The van der Waals surface area contributed by atoms with Crippen LogP contribution in [0, 0.1) is 0 Å². The number of benzene rings is 1. The summed E-state index contributed by atoms with van der Waals surface area (Å²) in [7, 11) is 1.52. The van der Waals surface area contributed by atoms with Gasteiger partial charge in [-0.05, 0) is 25.1 Å². The van der Waals surface area contributed by atoms with Gasteiger partial charge in [0, 0.05) is 6.54 Å². The minimum Gasteiger partial charge on any atom is -0.497 e. The summed E-state index contributed by atoms with van der Waals surface area (Å²) in [5.41, 5.74) is 1.86. The third-order valence-electron chi connectivity index (χ3n) is 2.61. The molecule has 17 heavy (non-hydrogen) atoms. The third kappa shape index (κ3) is 1.82. The molecule has 88 valence electrons. The summed E-state index contributed by atoms with van der Waals surface area (Å²) in [4.78, 5) is 25.0. The number of ketones is 1. The van der Waals surface area contributed by atoms with Crippen LogP contribution < -0.4 is 9.64 Å². The molecular formula is C13H13NO3. The Morgan fingerprint density at radius 3 is 2.71 bits per heavy atom. The molecule has 0 radical (unpaired) electrons. The summed E-state index contributed by atoms with van der Waals surface area (Å²) in [6, 6.07) is 5.05. The number of carbonyl (C=O) groups excluding carboxylic acids is 2. The van der Waals surface area contributed by atoms with Crippen molar-refractivity contribution in [3.05, 3.63) is 35.9 Å². The molecule has 4 heteroatoms. The van der Waals surface area contributed by atoms with E-state index in [-0.39, 0.29) is 0 Å². The number of methoxy groups -OCH3 is 1. The molecule has 0 unspecified atom stereocenters. The Balaban J connectivity index is 2.47. The number of fused-ring (bicyclic) bond motifs is 1. The van der Waals surface area contributed by atoms with Gasteiger partial charge < -0.3 is 9.64 Å². The fraction of sp³-hybridized carbons (Fsp3) is 0.231. The average Bonchev–Trinajstić information content (AvgIpc) is 2.54. The second kappa shape index (κ2) is 4.05. The van der Waals surface area contributed by atoms with Crippen molar-refractivity contribution in [2.24, 2.45) is 0 Å². The minimum absolute atomic E-state index is 0.365. The molecule has 0 saturated carbocycles. The van der Waals surface area contributed by atoms with Crippen LogP contribution >= 0.6 is 0 Å². The van der Waals surface area contributed by atoms with Crippen LogP contribution in [-0.2, 0) is 4.79 Å². The zero-order valence-corrected chi connectivity index (χ0v) is 9.82. The van der Waals surface area contributed by atoms with E-state index in [4.69, 9.17) is 4.74 Å². The van der Waals surface area contributed by atoms with Crippen molar-refractivity contribution >= 4 is 17.4 Å². The molecule has 1 aliphatic rings. The molecule has 0 fully saturated rings. The predicted molar refractivity (Wildman–Crippen MR) is 64.5 cm³/mol. The molecule has 1 aromatic rings. The van der Waals surface area contributed by atoms with Gasteiger partial charge >= 0.3 is 0 Å². The number of rotatable bonds is 3. The van der Waals surface area contributed by atoms with E-state index >= 15 is 0 Å². The topological polar surface area (TPSA) is 46.6 Å². The van der Waals surface area contributed by atoms with Gasteiger partial charge in [0.1, 0.15) is 5.75 Å². The lowest BCUT2D eigenvalue weighted by molar-refractivity contribution is -0.114. The Bertz CT molecular complexity index is 519. The Hall–Kier alpha value is -2.10. The molecule has 1 aromatic carbocycles. The van der Waals surface area contributed by atoms with Gasteiger partial charge in [0.25, 0.3) is 11.7 Å². The highest BCUT2D eigenvalue weighted by Crippen LogP contribution is 2.32. The normalized spacial score (nSPS) is 13.9. The molecule has 0 N–H and O–H groups in total. The summed E-state index contributed by atoms with van der Waals surface area (Å²) in [6.45, 7) is 5.94. The maximum atomic E-state index is 11.8. The Morgan fingerprint density at radius 2 is 2.12 bits per heavy atom. The summed E-state index contributed by atoms with van der Waals surface area (Å²) in [6.07, 6.45) is 0. The fourth-order valence-electron chi connectivity index (χ4n) is 1.83. The van der Waals surface area contributed by atoms with E-state index in [1.165, 1.54) is 12.0 Å². The quantitative estimate of drug-likeness (QED) is 0.588. The predicted octanol–water partition coefficient (Wildman–Crippen LogP) is 1.80. The van der Waals surface area contributed by atoms with Crippen LogP contribution in [0.4, 0.5) is 5.69 Å². The van der Waals surface area contributed by atoms with E-state index in [2.05, 4.69) is 6.58 Å². The summed E-state index contributed by atoms with van der Waals surface area (Å²) < 4.78 is 5.04. The highest BCUT2D eigenvalue weighted by molar-refractivity contribution is 6.52. The van der Waals surface area contributed by atoms with Crippen molar-refractivity contribution in [2.45, 2.75) is 6.92 Å². The van der Waals surface area contributed by atoms with E-state index in [1.807, 2.05) is 6.92 Å². The molecule has 2 rings (SSSR count). The lowest BCUT2D eigenvalue weighted by Crippen LogP contribution is -2.30. The number of hydrogen-bond acceptors (Lipinski definition) is 3. The molecule has 0 aliphatic carbocycles. The van der Waals surface area contributed by atoms with E-state index in [0.717, 1.165) is 5.57 Å². The highest BCUT2D eigenvalue weighted by Gasteiger charge is 2.35. The molecule has 4 nitrogen and oxygen atoms in total. The van der Waals surface area contributed by atoms with Crippen molar-refractivity contribution in [3.8, 4) is 5.75 Å².